The van der Waals surface area contributed by atoms with Crippen LogP contribution in [0, 0.1) is 5.92 Å². The summed E-state index contributed by atoms with van der Waals surface area (Å²) in [7, 11) is 0. The summed E-state index contributed by atoms with van der Waals surface area (Å²) in [6.07, 6.45) is 6.71. The molecule has 0 aliphatic heterocycles. The van der Waals surface area contributed by atoms with Crippen LogP contribution in [0.5, 0.6) is 0 Å². The molecule has 2 unspecified atom stereocenters. The first-order valence-electron chi connectivity index (χ1n) is 4.44. The molecule has 1 nitrogen and oxygen atoms in total. The number of aliphatic hydroxyl groups excluding tert-OH is 1. The second kappa shape index (κ2) is 4.30. The highest BCUT2D eigenvalue weighted by Gasteiger charge is 2.17. The van der Waals surface area contributed by atoms with Crippen LogP contribution in [0.4, 0.5) is 0 Å². The van der Waals surface area contributed by atoms with Crippen LogP contribution < -0.4 is 0 Å². The Morgan fingerprint density at radius 1 is 1.75 bits per heavy atom. The third kappa shape index (κ3) is 2.37. The maximum atomic E-state index is 9.31. The van der Waals surface area contributed by atoms with Crippen LogP contribution >= 0.6 is 0 Å². The topological polar surface area (TPSA) is 20.2 Å². The average molecular weight is 164 g/mol. The zero-order valence-corrected chi connectivity index (χ0v) is 7.59. The maximum Gasteiger partial charge on any atom is 0.0723 e. The minimum atomic E-state index is -0.214. The van der Waals surface area contributed by atoms with Crippen LogP contribution in [0.25, 0.3) is 0 Å². The van der Waals surface area contributed by atoms with Gasteiger partial charge < -0.3 is 5.11 Å². The second-order valence-corrected chi connectivity index (χ2v) is 3.40. The van der Waals surface area contributed by atoms with Crippen molar-refractivity contribution in [2.24, 2.45) is 5.92 Å². The molecule has 1 aliphatic rings. The number of hydrogen-bond acceptors (Lipinski definition) is 1. The number of allylic oxidation sites excluding steroid dienone is 2. The summed E-state index contributed by atoms with van der Waals surface area (Å²) in [4.78, 5) is 0. The molecule has 0 aromatic carbocycles. The summed E-state index contributed by atoms with van der Waals surface area (Å²) >= 11 is 0. The first-order valence-corrected chi connectivity index (χ1v) is 4.44. The fraction of sp³-hybridized carbons (Fsp3) is 0.545. The van der Waals surface area contributed by atoms with Gasteiger partial charge in [0.1, 0.15) is 0 Å². The lowest BCUT2D eigenvalue weighted by Crippen LogP contribution is -2.15. The van der Waals surface area contributed by atoms with E-state index in [2.05, 4.69) is 19.2 Å². The van der Waals surface area contributed by atoms with Crippen LogP contribution in [0.3, 0.4) is 0 Å². The van der Waals surface area contributed by atoms with Crippen molar-refractivity contribution >= 4 is 0 Å². The summed E-state index contributed by atoms with van der Waals surface area (Å²) in [6, 6.07) is 0. The summed E-state index contributed by atoms with van der Waals surface area (Å²) in [5.41, 5.74) is 4.09. The van der Waals surface area contributed by atoms with Crippen molar-refractivity contribution in [1.29, 1.82) is 0 Å². The molecule has 0 radical (unpaired) electrons. The van der Waals surface area contributed by atoms with Gasteiger partial charge in [0, 0.05) is 0 Å². The predicted molar refractivity (Wildman–Crippen MR) is 50.8 cm³/mol. The van der Waals surface area contributed by atoms with Crippen molar-refractivity contribution < 1.29 is 5.11 Å². The van der Waals surface area contributed by atoms with E-state index >= 15 is 0 Å². The molecule has 1 heteroatoms. The Kier molecular flexibility index (Phi) is 3.33. The van der Waals surface area contributed by atoms with Gasteiger partial charge in [0.2, 0.25) is 0 Å². The summed E-state index contributed by atoms with van der Waals surface area (Å²) in [5.74, 6) is 0.600. The highest BCUT2D eigenvalue weighted by atomic mass is 16.3. The third-order valence-electron chi connectivity index (χ3n) is 2.46. The summed E-state index contributed by atoms with van der Waals surface area (Å²) in [6.45, 7) is 5.62. The molecule has 0 saturated heterocycles. The van der Waals surface area contributed by atoms with E-state index in [9.17, 15) is 5.11 Å². The molecule has 0 heterocycles. The van der Waals surface area contributed by atoms with Gasteiger partial charge in [-0.2, -0.15) is 0 Å². The van der Waals surface area contributed by atoms with E-state index in [1.54, 1.807) is 0 Å². The molecule has 0 aromatic rings. The second-order valence-electron chi connectivity index (χ2n) is 3.40. The Morgan fingerprint density at radius 2 is 2.50 bits per heavy atom. The minimum Gasteiger partial charge on any atom is -0.389 e. The number of hydrogen-bond donors (Lipinski definition) is 1. The first kappa shape index (κ1) is 9.31. The SMILES string of the molecule is C=C=CCC1CCC(O)C=C1C. The monoisotopic (exact) mass is 164 g/mol. The Hall–Kier alpha value is -0.780. The lowest BCUT2D eigenvalue weighted by molar-refractivity contribution is 0.191. The van der Waals surface area contributed by atoms with E-state index in [4.69, 9.17) is 0 Å². The van der Waals surface area contributed by atoms with Crippen molar-refractivity contribution in [3.05, 3.63) is 30.0 Å². The van der Waals surface area contributed by atoms with Crippen LogP contribution in [-0.4, -0.2) is 11.2 Å². The molecule has 2 atom stereocenters. The Bertz CT molecular complexity index is 221. The molecular formula is C11H16O. The van der Waals surface area contributed by atoms with E-state index in [1.165, 1.54) is 5.57 Å². The highest BCUT2D eigenvalue weighted by molar-refractivity contribution is 5.11. The van der Waals surface area contributed by atoms with Gasteiger partial charge in [-0.25, -0.2) is 0 Å². The molecule has 0 saturated carbocycles. The van der Waals surface area contributed by atoms with Crippen LogP contribution in [-0.2, 0) is 0 Å². The van der Waals surface area contributed by atoms with Crippen molar-refractivity contribution in [2.45, 2.75) is 32.3 Å². The van der Waals surface area contributed by atoms with Crippen molar-refractivity contribution in [3.63, 3.8) is 0 Å². The molecule has 0 spiro atoms. The van der Waals surface area contributed by atoms with Crippen molar-refractivity contribution in [2.75, 3.05) is 0 Å². The Balaban J connectivity index is 2.56. The van der Waals surface area contributed by atoms with Gasteiger partial charge in [-0.15, -0.1) is 5.73 Å². The van der Waals surface area contributed by atoms with Gasteiger partial charge in [0.15, 0.2) is 0 Å². The first-order chi connectivity index (χ1) is 5.74. The van der Waals surface area contributed by atoms with Gasteiger partial charge >= 0.3 is 0 Å². The van der Waals surface area contributed by atoms with Gasteiger partial charge in [-0.3, -0.25) is 0 Å². The third-order valence-corrected chi connectivity index (χ3v) is 2.46. The molecule has 1 rings (SSSR count). The lowest BCUT2D eigenvalue weighted by Gasteiger charge is -2.23. The largest absolute Gasteiger partial charge is 0.389 e. The van der Waals surface area contributed by atoms with Gasteiger partial charge in [0.05, 0.1) is 6.10 Å². The zero-order chi connectivity index (χ0) is 8.97. The molecule has 0 fully saturated rings. The standard InChI is InChI=1S/C11H16O/c1-3-4-5-10-6-7-11(12)8-9(10)2/h4,8,10-12H,1,5-7H2,2H3. The minimum absolute atomic E-state index is 0.214. The van der Waals surface area contributed by atoms with E-state index in [1.807, 2.05) is 12.2 Å². The maximum absolute atomic E-state index is 9.31. The van der Waals surface area contributed by atoms with E-state index in [-0.39, 0.29) is 6.10 Å². The van der Waals surface area contributed by atoms with Gasteiger partial charge in [0.25, 0.3) is 0 Å². The van der Waals surface area contributed by atoms with Crippen LogP contribution in [0.15, 0.2) is 30.0 Å². The zero-order valence-electron chi connectivity index (χ0n) is 7.59. The molecule has 66 valence electrons. The highest BCUT2D eigenvalue weighted by Crippen LogP contribution is 2.27. The normalized spacial score (nSPS) is 29.0. The molecule has 0 amide bonds. The fourth-order valence-corrected chi connectivity index (χ4v) is 1.65. The summed E-state index contributed by atoms with van der Waals surface area (Å²) < 4.78 is 0. The molecule has 1 N–H and O–H groups in total. The molecular weight excluding hydrogens is 148 g/mol. The Labute approximate surface area is 74.1 Å². The van der Waals surface area contributed by atoms with Crippen LogP contribution in [0.1, 0.15) is 26.2 Å². The smallest absolute Gasteiger partial charge is 0.0723 e. The molecule has 0 aromatic heterocycles. The van der Waals surface area contributed by atoms with Gasteiger partial charge in [-0.05, 0) is 38.2 Å². The van der Waals surface area contributed by atoms with E-state index < -0.39 is 0 Å². The van der Waals surface area contributed by atoms with E-state index in [0.29, 0.717) is 5.92 Å². The van der Waals surface area contributed by atoms with Crippen LogP contribution in [0.2, 0.25) is 0 Å². The van der Waals surface area contributed by atoms with Gasteiger partial charge in [-0.1, -0.05) is 18.2 Å². The van der Waals surface area contributed by atoms with Crippen molar-refractivity contribution in [3.8, 4) is 0 Å². The molecule has 12 heavy (non-hydrogen) atoms. The van der Waals surface area contributed by atoms with E-state index in [0.717, 1.165) is 19.3 Å². The lowest BCUT2D eigenvalue weighted by atomic mass is 9.85. The molecule has 0 bridgehead atoms. The predicted octanol–water partition coefficient (Wildman–Crippen LogP) is 2.43. The Morgan fingerprint density at radius 3 is 3.08 bits per heavy atom. The fourth-order valence-electron chi connectivity index (χ4n) is 1.65. The average Bonchev–Trinajstić information content (AvgIpc) is 2.03. The quantitative estimate of drug-likeness (QED) is 0.491. The number of aliphatic hydroxyl groups is 1. The van der Waals surface area contributed by atoms with Crippen molar-refractivity contribution in [1.82, 2.24) is 0 Å². The number of rotatable bonds is 2. The molecule has 1 aliphatic carbocycles. The summed E-state index contributed by atoms with van der Waals surface area (Å²) in [5, 5.41) is 9.31.